The highest BCUT2D eigenvalue weighted by Crippen LogP contribution is 2.26. The SMILES string of the molecule is O=C(CC[C@@H]1CNC(=O)[C@@H]2C[C@H](NC(=O)c3cccc(F)c3)CN12)NC1CC1. The van der Waals surface area contributed by atoms with Gasteiger partial charge in [-0.25, -0.2) is 4.39 Å². The molecule has 2 aliphatic heterocycles. The Balaban J connectivity index is 1.34. The molecule has 0 radical (unpaired) electrons. The molecule has 0 aromatic heterocycles. The summed E-state index contributed by atoms with van der Waals surface area (Å²) in [6, 6.07) is 5.49. The van der Waals surface area contributed by atoms with Gasteiger partial charge >= 0.3 is 0 Å². The average molecular weight is 388 g/mol. The molecular weight excluding hydrogens is 363 g/mol. The van der Waals surface area contributed by atoms with Crippen molar-refractivity contribution in [2.24, 2.45) is 0 Å². The van der Waals surface area contributed by atoms with E-state index in [0.717, 1.165) is 12.8 Å². The fraction of sp³-hybridized carbons (Fsp3) is 0.550. The molecule has 3 amide bonds. The number of rotatable bonds is 6. The number of carbonyl (C=O) groups excluding carboxylic acids is 3. The lowest BCUT2D eigenvalue weighted by atomic mass is 10.0. The minimum absolute atomic E-state index is 0.0406. The van der Waals surface area contributed by atoms with Crippen LogP contribution in [0.15, 0.2) is 24.3 Å². The summed E-state index contributed by atoms with van der Waals surface area (Å²) in [6.45, 7) is 1.06. The normalized spacial score (nSPS) is 27.0. The Labute approximate surface area is 163 Å². The van der Waals surface area contributed by atoms with Crippen LogP contribution in [0.4, 0.5) is 4.39 Å². The largest absolute Gasteiger partial charge is 0.353 e. The maximum Gasteiger partial charge on any atom is 0.251 e. The summed E-state index contributed by atoms with van der Waals surface area (Å²) in [5.74, 6) is -0.780. The molecule has 3 N–H and O–H groups in total. The molecule has 1 saturated carbocycles. The van der Waals surface area contributed by atoms with E-state index in [2.05, 4.69) is 20.9 Å². The number of benzene rings is 1. The van der Waals surface area contributed by atoms with Gasteiger partial charge in [0, 0.05) is 43.2 Å². The van der Waals surface area contributed by atoms with Crippen LogP contribution >= 0.6 is 0 Å². The Bertz CT molecular complexity index is 782. The second-order valence-corrected chi connectivity index (χ2v) is 7.91. The fourth-order valence-corrected chi connectivity index (χ4v) is 4.07. The fourth-order valence-electron chi connectivity index (χ4n) is 4.07. The molecule has 0 spiro atoms. The predicted octanol–water partition coefficient (Wildman–Crippen LogP) is 0.556. The number of fused-ring (bicyclic) bond motifs is 1. The van der Waals surface area contributed by atoms with Gasteiger partial charge in [-0.3, -0.25) is 19.3 Å². The number of amides is 3. The smallest absolute Gasteiger partial charge is 0.251 e. The van der Waals surface area contributed by atoms with Crippen LogP contribution in [0.25, 0.3) is 0 Å². The van der Waals surface area contributed by atoms with Crippen molar-refractivity contribution in [2.45, 2.75) is 56.3 Å². The Morgan fingerprint density at radius 3 is 2.79 bits per heavy atom. The molecule has 7 nitrogen and oxygen atoms in total. The van der Waals surface area contributed by atoms with Crippen LogP contribution in [0.5, 0.6) is 0 Å². The van der Waals surface area contributed by atoms with Crippen LogP contribution in [0, 0.1) is 5.82 Å². The molecular formula is C20H25FN4O3. The van der Waals surface area contributed by atoms with Crippen LogP contribution in [0.1, 0.15) is 42.5 Å². The third-order valence-corrected chi connectivity index (χ3v) is 5.69. The van der Waals surface area contributed by atoms with Gasteiger partial charge in [0.05, 0.1) is 6.04 Å². The number of carbonyl (C=O) groups is 3. The van der Waals surface area contributed by atoms with Gasteiger partial charge in [-0.1, -0.05) is 6.07 Å². The van der Waals surface area contributed by atoms with E-state index in [1.165, 1.54) is 18.2 Å². The van der Waals surface area contributed by atoms with Gasteiger partial charge in [0.25, 0.3) is 5.91 Å². The van der Waals surface area contributed by atoms with E-state index in [1.54, 1.807) is 6.07 Å². The van der Waals surface area contributed by atoms with Crippen LogP contribution in [0.3, 0.4) is 0 Å². The molecule has 150 valence electrons. The van der Waals surface area contributed by atoms with E-state index in [-0.39, 0.29) is 41.4 Å². The lowest BCUT2D eigenvalue weighted by molar-refractivity contribution is -0.129. The molecule has 0 bridgehead atoms. The third kappa shape index (κ3) is 4.32. The molecule has 0 unspecified atom stereocenters. The molecule has 3 fully saturated rings. The second-order valence-electron chi connectivity index (χ2n) is 7.91. The van der Waals surface area contributed by atoms with Crippen LogP contribution in [-0.2, 0) is 9.59 Å². The Kier molecular flexibility index (Phi) is 5.30. The van der Waals surface area contributed by atoms with Crippen molar-refractivity contribution >= 4 is 17.7 Å². The van der Waals surface area contributed by atoms with Gasteiger partial charge in [-0.2, -0.15) is 0 Å². The zero-order valence-electron chi connectivity index (χ0n) is 15.6. The molecule has 1 aromatic rings. The first-order valence-electron chi connectivity index (χ1n) is 9.89. The number of nitrogens with zero attached hydrogens (tertiary/aromatic N) is 1. The molecule has 8 heteroatoms. The van der Waals surface area contributed by atoms with Crippen molar-refractivity contribution in [2.75, 3.05) is 13.1 Å². The summed E-state index contributed by atoms with van der Waals surface area (Å²) in [6.07, 6.45) is 3.73. The first kappa shape index (κ1) is 18.9. The number of nitrogens with one attached hydrogen (secondary N) is 3. The molecule has 3 aliphatic rings. The van der Waals surface area contributed by atoms with Gasteiger partial charge in [0.2, 0.25) is 11.8 Å². The average Bonchev–Trinajstić information content (AvgIpc) is 3.37. The predicted molar refractivity (Wildman–Crippen MR) is 100.0 cm³/mol. The molecule has 2 saturated heterocycles. The standard InChI is InChI=1S/C20H25FN4O3/c21-13-3-1-2-12(8-13)19(27)24-15-9-17-20(28)22-10-16(25(17)11-15)6-7-18(26)23-14-4-5-14/h1-3,8,14-17H,4-7,9-11H2,(H,22,28)(H,23,26)(H,24,27)/t15-,16+,17-/m0/s1. The van der Waals surface area contributed by atoms with Gasteiger partial charge < -0.3 is 16.0 Å². The number of hydrogen-bond acceptors (Lipinski definition) is 4. The van der Waals surface area contributed by atoms with Crippen molar-refractivity contribution in [3.8, 4) is 0 Å². The summed E-state index contributed by atoms with van der Waals surface area (Å²) in [7, 11) is 0. The number of piperazine rings is 1. The highest BCUT2D eigenvalue weighted by molar-refractivity contribution is 5.94. The van der Waals surface area contributed by atoms with Crippen molar-refractivity contribution in [3.05, 3.63) is 35.6 Å². The monoisotopic (exact) mass is 388 g/mol. The minimum atomic E-state index is -0.458. The third-order valence-electron chi connectivity index (χ3n) is 5.69. The highest BCUT2D eigenvalue weighted by Gasteiger charge is 2.43. The van der Waals surface area contributed by atoms with Crippen LogP contribution < -0.4 is 16.0 Å². The second kappa shape index (κ2) is 7.87. The van der Waals surface area contributed by atoms with E-state index in [9.17, 15) is 18.8 Å². The Morgan fingerprint density at radius 1 is 1.21 bits per heavy atom. The van der Waals surface area contributed by atoms with Crippen LogP contribution in [-0.4, -0.2) is 59.9 Å². The molecule has 4 rings (SSSR count). The van der Waals surface area contributed by atoms with Gasteiger partial charge in [0.15, 0.2) is 0 Å². The van der Waals surface area contributed by atoms with E-state index in [1.807, 2.05) is 0 Å². The summed E-state index contributed by atoms with van der Waals surface area (Å²) in [4.78, 5) is 38.7. The zero-order chi connectivity index (χ0) is 19.7. The number of halogens is 1. The topological polar surface area (TPSA) is 90.5 Å². The van der Waals surface area contributed by atoms with Gasteiger partial charge in [0.1, 0.15) is 5.82 Å². The Morgan fingerprint density at radius 2 is 2.04 bits per heavy atom. The Hall–Kier alpha value is -2.48. The van der Waals surface area contributed by atoms with E-state index < -0.39 is 5.82 Å². The summed E-state index contributed by atoms with van der Waals surface area (Å²) in [5.41, 5.74) is 0.266. The molecule has 1 aliphatic carbocycles. The van der Waals surface area contributed by atoms with Crippen molar-refractivity contribution in [3.63, 3.8) is 0 Å². The lowest BCUT2D eigenvalue weighted by Gasteiger charge is -2.37. The quantitative estimate of drug-likeness (QED) is 0.664. The molecule has 1 aromatic carbocycles. The molecule has 3 atom stereocenters. The van der Waals surface area contributed by atoms with Crippen molar-refractivity contribution < 1.29 is 18.8 Å². The van der Waals surface area contributed by atoms with Gasteiger partial charge in [-0.15, -0.1) is 0 Å². The lowest BCUT2D eigenvalue weighted by Crippen LogP contribution is -2.58. The van der Waals surface area contributed by atoms with Crippen LogP contribution in [0.2, 0.25) is 0 Å². The summed E-state index contributed by atoms with van der Waals surface area (Å²) < 4.78 is 13.3. The first-order valence-corrected chi connectivity index (χ1v) is 9.89. The highest BCUT2D eigenvalue weighted by atomic mass is 19.1. The minimum Gasteiger partial charge on any atom is -0.353 e. The zero-order valence-corrected chi connectivity index (χ0v) is 15.6. The van der Waals surface area contributed by atoms with Gasteiger partial charge in [-0.05, 0) is 43.9 Å². The van der Waals surface area contributed by atoms with E-state index in [0.29, 0.717) is 38.4 Å². The maximum atomic E-state index is 13.3. The molecule has 28 heavy (non-hydrogen) atoms. The number of hydrogen-bond donors (Lipinski definition) is 3. The van der Waals surface area contributed by atoms with E-state index in [4.69, 9.17) is 0 Å². The van der Waals surface area contributed by atoms with Crippen molar-refractivity contribution in [1.29, 1.82) is 0 Å². The first-order chi connectivity index (χ1) is 13.5. The van der Waals surface area contributed by atoms with Crippen molar-refractivity contribution in [1.82, 2.24) is 20.9 Å². The van der Waals surface area contributed by atoms with E-state index >= 15 is 0 Å². The maximum absolute atomic E-state index is 13.3. The molecule has 2 heterocycles. The summed E-state index contributed by atoms with van der Waals surface area (Å²) in [5, 5.41) is 8.82. The summed E-state index contributed by atoms with van der Waals surface area (Å²) >= 11 is 0.